The van der Waals surface area contributed by atoms with E-state index in [1.807, 2.05) is 36.0 Å². The first-order valence-electron chi connectivity index (χ1n) is 6.97. The van der Waals surface area contributed by atoms with Crippen molar-refractivity contribution in [1.29, 1.82) is 0 Å². The van der Waals surface area contributed by atoms with E-state index in [1.165, 1.54) is 0 Å². The van der Waals surface area contributed by atoms with Gasteiger partial charge < -0.3 is 9.67 Å². The number of nitrogens with zero attached hydrogens (tertiary/aromatic N) is 3. The summed E-state index contributed by atoms with van der Waals surface area (Å²) in [4.78, 5) is 11.5. The van der Waals surface area contributed by atoms with Crippen LogP contribution in [0.2, 0.25) is 10.0 Å². The molecule has 0 unspecified atom stereocenters. The Morgan fingerprint density at radius 3 is 2.52 bits per heavy atom. The molecule has 3 aromatic rings. The third kappa shape index (κ3) is 2.73. The molecule has 118 valence electrons. The zero-order valence-electron chi connectivity index (χ0n) is 12.2. The number of hydrogen-bond acceptors (Lipinski definition) is 2. The van der Waals surface area contributed by atoms with Crippen LogP contribution in [0.4, 0.5) is 0 Å². The van der Waals surface area contributed by atoms with Gasteiger partial charge in [0.2, 0.25) is 0 Å². The second-order valence-corrected chi connectivity index (χ2v) is 5.75. The number of carboxylic acid groups (broad SMARTS) is 1. The van der Waals surface area contributed by atoms with Crippen molar-refractivity contribution >= 4 is 29.2 Å². The minimum Gasteiger partial charge on any atom is -0.476 e. The normalized spacial score (nSPS) is 10.9. The molecular weight excluding hydrogens is 337 g/mol. The van der Waals surface area contributed by atoms with Crippen molar-refractivity contribution in [2.45, 2.75) is 13.3 Å². The van der Waals surface area contributed by atoms with Gasteiger partial charge in [0.1, 0.15) is 5.82 Å². The predicted molar refractivity (Wildman–Crippen MR) is 89.2 cm³/mol. The molecule has 0 fully saturated rings. The molecule has 0 saturated heterocycles. The molecule has 0 atom stereocenters. The van der Waals surface area contributed by atoms with Gasteiger partial charge in [0.15, 0.2) is 5.69 Å². The molecule has 5 nitrogen and oxygen atoms in total. The van der Waals surface area contributed by atoms with Crippen LogP contribution in [0, 0.1) is 0 Å². The maximum atomic E-state index is 11.5. The first-order chi connectivity index (χ1) is 11.0. The van der Waals surface area contributed by atoms with Gasteiger partial charge in [-0.1, -0.05) is 30.1 Å². The summed E-state index contributed by atoms with van der Waals surface area (Å²) >= 11 is 12.2. The molecule has 23 heavy (non-hydrogen) atoms. The Bertz CT molecular complexity index is 870. The van der Waals surface area contributed by atoms with Crippen LogP contribution in [-0.4, -0.2) is 25.4 Å². The molecule has 1 aromatic carbocycles. The number of rotatable bonds is 4. The zero-order chi connectivity index (χ0) is 16.6. The Balaban J connectivity index is 2.33. The first kappa shape index (κ1) is 15.6. The van der Waals surface area contributed by atoms with Crippen molar-refractivity contribution < 1.29 is 9.90 Å². The van der Waals surface area contributed by atoms with Crippen LogP contribution < -0.4 is 0 Å². The summed E-state index contributed by atoms with van der Waals surface area (Å²) in [6.45, 7) is 1.89. The van der Waals surface area contributed by atoms with Crippen molar-refractivity contribution in [3.63, 3.8) is 0 Å². The van der Waals surface area contributed by atoms with Gasteiger partial charge in [0, 0.05) is 23.0 Å². The van der Waals surface area contributed by atoms with Crippen molar-refractivity contribution in [2.75, 3.05) is 0 Å². The molecule has 2 heterocycles. The van der Waals surface area contributed by atoms with Gasteiger partial charge in [0.25, 0.3) is 0 Å². The molecule has 7 heteroatoms. The van der Waals surface area contributed by atoms with E-state index in [9.17, 15) is 9.90 Å². The molecule has 0 aliphatic rings. The van der Waals surface area contributed by atoms with E-state index < -0.39 is 5.97 Å². The lowest BCUT2D eigenvalue weighted by Crippen LogP contribution is -2.06. The van der Waals surface area contributed by atoms with Gasteiger partial charge in [0.05, 0.1) is 10.7 Å². The van der Waals surface area contributed by atoms with Crippen LogP contribution in [0.1, 0.15) is 23.0 Å². The predicted octanol–water partition coefficient (Wildman–Crippen LogP) is 4.23. The lowest BCUT2D eigenvalue weighted by molar-refractivity contribution is 0.0689. The van der Waals surface area contributed by atoms with Gasteiger partial charge in [-0.25, -0.2) is 9.48 Å². The summed E-state index contributed by atoms with van der Waals surface area (Å²) in [6.07, 6.45) is 4.20. The minimum absolute atomic E-state index is 0.0159. The Hall–Kier alpha value is -2.24. The zero-order valence-corrected chi connectivity index (χ0v) is 13.7. The quantitative estimate of drug-likeness (QED) is 0.766. The average molecular weight is 350 g/mol. The highest BCUT2D eigenvalue weighted by Crippen LogP contribution is 2.29. The standard InChI is InChI=1S/C16H13Cl2N3O2/c1-2-11-14(16(22)23)19-21(15(11)20-7-3-4-8-20)13-6-5-10(17)9-12(13)18/h3-9H,2H2,1H3,(H,22,23). The van der Waals surface area contributed by atoms with Crippen molar-refractivity contribution in [1.82, 2.24) is 14.3 Å². The number of halogens is 2. The van der Waals surface area contributed by atoms with Gasteiger partial charge in [-0.15, -0.1) is 0 Å². The summed E-state index contributed by atoms with van der Waals surface area (Å²) in [5, 5.41) is 14.6. The maximum Gasteiger partial charge on any atom is 0.356 e. The highest BCUT2D eigenvalue weighted by Gasteiger charge is 2.24. The summed E-state index contributed by atoms with van der Waals surface area (Å²) in [5.74, 6) is -0.418. The van der Waals surface area contributed by atoms with Crippen molar-refractivity contribution in [2.24, 2.45) is 0 Å². The number of aromatic nitrogens is 3. The average Bonchev–Trinajstić information content (AvgIpc) is 3.13. The first-order valence-corrected chi connectivity index (χ1v) is 7.72. The largest absolute Gasteiger partial charge is 0.476 e. The lowest BCUT2D eigenvalue weighted by atomic mass is 10.2. The van der Waals surface area contributed by atoms with E-state index in [0.717, 1.165) is 0 Å². The molecule has 2 aromatic heterocycles. The van der Waals surface area contributed by atoms with Crippen LogP contribution in [0.3, 0.4) is 0 Å². The number of hydrogen-bond donors (Lipinski definition) is 1. The Labute approximate surface area is 142 Å². The highest BCUT2D eigenvalue weighted by atomic mass is 35.5. The monoisotopic (exact) mass is 349 g/mol. The molecular formula is C16H13Cl2N3O2. The summed E-state index contributed by atoms with van der Waals surface area (Å²) < 4.78 is 3.37. The minimum atomic E-state index is -1.07. The molecule has 0 bridgehead atoms. The fourth-order valence-corrected chi connectivity index (χ4v) is 2.99. The van der Waals surface area contributed by atoms with E-state index in [2.05, 4.69) is 5.10 Å². The Morgan fingerprint density at radius 2 is 1.96 bits per heavy atom. The SMILES string of the molecule is CCc1c(C(=O)O)nn(-c2ccc(Cl)cc2Cl)c1-n1cccc1. The highest BCUT2D eigenvalue weighted by molar-refractivity contribution is 6.35. The third-order valence-corrected chi connectivity index (χ3v) is 4.04. The lowest BCUT2D eigenvalue weighted by Gasteiger charge is -2.11. The van der Waals surface area contributed by atoms with Gasteiger partial charge >= 0.3 is 5.97 Å². The van der Waals surface area contributed by atoms with Crippen molar-refractivity contribution in [3.8, 4) is 11.5 Å². The number of carbonyl (C=O) groups is 1. The van der Waals surface area contributed by atoms with Crippen LogP contribution >= 0.6 is 23.2 Å². The molecule has 0 saturated carbocycles. The molecule has 1 N–H and O–H groups in total. The van der Waals surface area contributed by atoms with E-state index >= 15 is 0 Å². The number of aromatic carboxylic acids is 1. The third-order valence-electron chi connectivity index (χ3n) is 3.50. The fourth-order valence-electron chi connectivity index (χ4n) is 2.50. The maximum absolute atomic E-state index is 11.5. The van der Waals surface area contributed by atoms with Crippen LogP contribution in [0.25, 0.3) is 11.5 Å². The molecule has 0 aliphatic carbocycles. The fraction of sp³-hybridized carbons (Fsp3) is 0.125. The number of benzene rings is 1. The smallest absolute Gasteiger partial charge is 0.356 e. The van der Waals surface area contributed by atoms with E-state index in [1.54, 1.807) is 22.9 Å². The molecule has 0 radical (unpaired) electrons. The second-order valence-electron chi connectivity index (χ2n) is 4.91. The second kappa shape index (κ2) is 6.10. The van der Waals surface area contributed by atoms with E-state index in [-0.39, 0.29) is 5.69 Å². The summed E-state index contributed by atoms with van der Waals surface area (Å²) in [6, 6.07) is 8.73. The van der Waals surface area contributed by atoms with Crippen LogP contribution in [-0.2, 0) is 6.42 Å². The molecule has 3 rings (SSSR count). The van der Waals surface area contributed by atoms with Crippen LogP contribution in [0.15, 0.2) is 42.7 Å². The van der Waals surface area contributed by atoms with Gasteiger partial charge in [-0.3, -0.25) is 0 Å². The van der Waals surface area contributed by atoms with Gasteiger partial charge in [-0.05, 0) is 36.8 Å². The molecule has 0 spiro atoms. The summed E-state index contributed by atoms with van der Waals surface area (Å²) in [5.41, 5.74) is 1.23. The van der Waals surface area contributed by atoms with E-state index in [4.69, 9.17) is 23.2 Å². The van der Waals surface area contributed by atoms with E-state index in [0.29, 0.717) is 33.5 Å². The molecule has 0 amide bonds. The van der Waals surface area contributed by atoms with Crippen molar-refractivity contribution in [3.05, 3.63) is 64.0 Å². The number of carboxylic acids is 1. The Morgan fingerprint density at radius 1 is 1.26 bits per heavy atom. The topological polar surface area (TPSA) is 60.0 Å². The van der Waals surface area contributed by atoms with Crippen LogP contribution in [0.5, 0.6) is 0 Å². The van der Waals surface area contributed by atoms with Gasteiger partial charge in [-0.2, -0.15) is 5.10 Å². The molecule has 0 aliphatic heterocycles. The Kier molecular flexibility index (Phi) is 4.15. The summed E-state index contributed by atoms with van der Waals surface area (Å²) in [7, 11) is 0.